The van der Waals surface area contributed by atoms with Crippen molar-refractivity contribution in [3.05, 3.63) is 52.1 Å². The fourth-order valence-electron chi connectivity index (χ4n) is 6.64. The minimum Gasteiger partial charge on any atom is -0.441 e. The number of hydrogen-bond donors (Lipinski definition) is 3. The summed E-state index contributed by atoms with van der Waals surface area (Å²) in [5.41, 5.74) is 4.75. The second-order valence-corrected chi connectivity index (χ2v) is 12.2. The van der Waals surface area contributed by atoms with E-state index >= 15 is 0 Å². The van der Waals surface area contributed by atoms with Crippen LogP contribution in [0.1, 0.15) is 67.2 Å². The second kappa shape index (κ2) is 11.8. The number of para-hydroxylation sites is 1. The Morgan fingerprint density at radius 1 is 1.24 bits per heavy atom. The van der Waals surface area contributed by atoms with Gasteiger partial charge in [0.25, 0.3) is 5.91 Å². The normalized spacial score (nSPS) is 21.7. The number of benzene rings is 1. The largest absolute Gasteiger partial charge is 0.441 e. The zero-order chi connectivity index (χ0) is 28.5. The molecule has 2 aliphatic heterocycles. The van der Waals surface area contributed by atoms with E-state index in [4.69, 9.17) is 4.74 Å². The van der Waals surface area contributed by atoms with Crippen LogP contribution in [0.3, 0.4) is 0 Å². The van der Waals surface area contributed by atoms with E-state index in [2.05, 4.69) is 15.3 Å². The maximum absolute atomic E-state index is 14.1. The highest BCUT2D eigenvalue weighted by molar-refractivity contribution is 7.07. The molecule has 41 heavy (non-hydrogen) atoms. The third-order valence-corrected chi connectivity index (χ3v) is 9.54. The average Bonchev–Trinajstić information content (AvgIpc) is 3.77. The molecule has 4 atom stereocenters. The number of cyclic esters (lactones) is 1. The molecule has 2 unspecified atom stereocenters. The molecule has 3 aliphatic rings. The Morgan fingerprint density at radius 2 is 2.05 bits per heavy atom. The third-order valence-electron chi connectivity index (χ3n) is 8.91. The van der Waals surface area contributed by atoms with Gasteiger partial charge in [-0.2, -0.15) is 0 Å². The molecule has 11 heteroatoms. The van der Waals surface area contributed by atoms with Gasteiger partial charge in [-0.1, -0.05) is 50.3 Å². The minimum atomic E-state index is -1.06. The first-order valence-corrected chi connectivity index (χ1v) is 15.6. The number of carbonyl (C=O) groups excluding carboxylic acids is 3. The lowest BCUT2D eigenvalue weighted by Crippen LogP contribution is -2.56. The standard InChI is InChI=1S/C30H37N5O5S/c1-2-34-15-25(40-30(34)39)27(36)23(12-18-8-4-3-5-9-18)33-28(37)24(13-19-16-41-17-31-19)35-14-21-20-10-6-7-11-22(20)32-26(21)29(35)38/h6-7,10-11,16-18,23-25,27,32,36H,2-5,8-9,12-15H2,1H3,(H,33,37)/t23-,24?,25?,27+/m0/s1. The number of nitrogens with zero attached hydrogens (tertiary/aromatic N) is 3. The van der Waals surface area contributed by atoms with E-state index < -0.39 is 30.4 Å². The van der Waals surface area contributed by atoms with E-state index in [1.165, 1.54) is 17.8 Å². The van der Waals surface area contributed by atoms with Crippen LogP contribution in [-0.4, -0.2) is 80.2 Å². The van der Waals surface area contributed by atoms with Crippen LogP contribution in [0.2, 0.25) is 0 Å². The summed E-state index contributed by atoms with van der Waals surface area (Å²) in [5.74, 6) is -0.198. The molecule has 1 saturated carbocycles. The minimum absolute atomic E-state index is 0.223. The molecule has 2 fully saturated rings. The number of rotatable bonds is 10. The summed E-state index contributed by atoms with van der Waals surface area (Å²) in [5, 5.41) is 17.5. The van der Waals surface area contributed by atoms with Gasteiger partial charge in [-0.05, 0) is 25.3 Å². The molecular formula is C30H37N5O5S. The lowest BCUT2D eigenvalue weighted by atomic mass is 9.83. The van der Waals surface area contributed by atoms with Crippen LogP contribution in [0.25, 0.3) is 10.9 Å². The van der Waals surface area contributed by atoms with E-state index in [0.717, 1.165) is 47.8 Å². The molecule has 10 nitrogen and oxygen atoms in total. The van der Waals surface area contributed by atoms with Crippen LogP contribution < -0.4 is 5.32 Å². The Kier molecular flexibility index (Phi) is 7.99. The van der Waals surface area contributed by atoms with E-state index in [1.54, 1.807) is 15.3 Å². The molecule has 2 aromatic heterocycles. The number of aliphatic hydroxyl groups excluding tert-OH is 1. The van der Waals surface area contributed by atoms with Crippen molar-refractivity contribution in [3.8, 4) is 0 Å². The van der Waals surface area contributed by atoms with Crippen LogP contribution in [0.15, 0.2) is 35.2 Å². The predicted octanol–water partition coefficient (Wildman–Crippen LogP) is 3.85. The summed E-state index contributed by atoms with van der Waals surface area (Å²) in [6, 6.07) is 6.36. The fraction of sp³-hybridized carbons (Fsp3) is 0.533. The Hall–Kier alpha value is -3.44. The van der Waals surface area contributed by atoms with Gasteiger partial charge in [0.15, 0.2) is 0 Å². The predicted molar refractivity (Wildman–Crippen MR) is 154 cm³/mol. The number of thiazole rings is 1. The van der Waals surface area contributed by atoms with Gasteiger partial charge in [-0.3, -0.25) is 9.59 Å². The van der Waals surface area contributed by atoms with Gasteiger partial charge in [0, 0.05) is 41.4 Å². The Balaban J connectivity index is 1.26. The number of ether oxygens (including phenoxy) is 1. The summed E-state index contributed by atoms with van der Waals surface area (Å²) in [6.07, 6.45) is 4.15. The number of nitrogens with one attached hydrogen (secondary N) is 2. The van der Waals surface area contributed by atoms with Crippen molar-refractivity contribution in [3.63, 3.8) is 0 Å². The first kappa shape index (κ1) is 27.7. The van der Waals surface area contributed by atoms with Gasteiger partial charge in [0.2, 0.25) is 5.91 Å². The molecule has 0 spiro atoms. The molecule has 4 heterocycles. The van der Waals surface area contributed by atoms with Gasteiger partial charge in [0.05, 0.1) is 23.8 Å². The Labute approximate surface area is 243 Å². The molecule has 0 radical (unpaired) electrons. The Bertz CT molecular complexity index is 1400. The summed E-state index contributed by atoms with van der Waals surface area (Å²) >= 11 is 1.44. The van der Waals surface area contributed by atoms with Crippen molar-refractivity contribution in [1.82, 2.24) is 25.1 Å². The van der Waals surface area contributed by atoms with Crippen molar-refractivity contribution in [2.24, 2.45) is 5.92 Å². The van der Waals surface area contributed by atoms with Crippen molar-refractivity contribution in [2.45, 2.75) is 82.7 Å². The highest BCUT2D eigenvalue weighted by Gasteiger charge is 2.43. The van der Waals surface area contributed by atoms with Gasteiger partial charge >= 0.3 is 6.09 Å². The van der Waals surface area contributed by atoms with E-state index in [-0.39, 0.29) is 24.8 Å². The molecule has 1 saturated heterocycles. The number of carbonyl (C=O) groups is 3. The van der Waals surface area contributed by atoms with E-state index in [1.807, 2.05) is 36.6 Å². The summed E-state index contributed by atoms with van der Waals surface area (Å²) in [7, 11) is 0. The number of H-pyrrole nitrogens is 1. The lowest BCUT2D eigenvalue weighted by Gasteiger charge is -2.34. The molecule has 3 N–H and O–H groups in total. The van der Waals surface area contributed by atoms with Crippen LogP contribution in [0.5, 0.6) is 0 Å². The quantitative estimate of drug-likeness (QED) is 0.335. The highest BCUT2D eigenvalue weighted by atomic mass is 32.1. The van der Waals surface area contributed by atoms with Gasteiger partial charge in [-0.15, -0.1) is 11.3 Å². The van der Waals surface area contributed by atoms with Crippen LogP contribution in [0, 0.1) is 5.92 Å². The van der Waals surface area contributed by atoms with Crippen molar-refractivity contribution < 1.29 is 24.2 Å². The number of hydrogen-bond acceptors (Lipinski definition) is 7. The number of aromatic amines is 1. The third kappa shape index (κ3) is 5.57. The topological polar surface area (TPSA) is 128 Å². The van der Waals surface area contributed by atoms with Gasteiger partial charge in [0.1, 0.15) is 23.9 Å². The highest BCUT2D eigenvalue weighted by Crippen LogP contribution is 2.33. The molecule has 6 rings (SSSR count). The molecular weight excluding hydrogens is 542 g/mol. The maximum atomic E-state index is 14.1. The SMILES string of the molecule is CCN1CC([C@H](O)[C@H](CC2CCCCC2)NC(=O)C(Cc2cscn2)N2Cc3c([nH]c4ccccc34)C2=O)OC1=O. The average molecular weight is 580 g/mol. The number of likely N-dealkylation sites (N-methyl/N-ethyl adjacent to an activating group) is 1. The van der Waals surface area contributed by atoms with Crippen LogP contribution in [-0.2, 0) is 22.5 Å². The smallest absolute Gasteiger partial charge is 0.410 e. The zero-order valence-electron chi connectivity index (χ0n) is 23.3. The first-order valence-electron chi connectivity index (χ1n) is 14.6. The molecule has 3 aromatic rings. The first-order chi connectivity index (χ1) is 19.9. The molecule has 3 amide bonds. The van der Waals surface area contributed by atoms with Crippen molar-refractivity contribution in [2.75, 3.05) is 13.1 Å². The number of aromatic nitrogens is 2. The van der Waals surface area contributed by atoms with E-state index in [9.17, 15) is 19.5 Å². The fourth-order valence-corrected chi connectivity index (χ4v) is 7.21. The molecule has 1 aliphatic carbocycles. The number of fused-ring (bicyclic) bond motifs is 3. The molecule has 0 bridgehead atoms. The summed E-state index contributed by atoms with van der Waals surface area (Å²) in [4.78, 5) is 50.9. The monoisotopic (exact) mass is 579 g/mol. The molecule has 218 valence electrons. The van der Waals surface area contributed by atoms with Crippen molar-refractivity contribution >= 4 is 40.1 Å². The second-order valence-electron chi connectivity index (χ2n) is 11.5. The zero-order valence-corrected chi connectivity index (χ0v) is 24.1. The lowest BCUT2D eigenvalue weighted by molar-refractivity contribution is -0.128. The van der Waals surface area contributed by atoms with Crippen LogP contribution in [0.4, 0.5) is 4.79 Å². The maximum Gasteiger partial charge on any atom is 0.410 e. The summed E-state index contributed by atoms with van der Waals surface area (Å²) < 4.78 is 5.52. The number of aliphatic hydroxyl groups is 1. The van der Waals surface area contributed by atoms with E-state index in [0.29, 0.717) is 31.1 Å². The van der Waals surface area contributed by atoms with Crippen molar-refractivity contribution in [1.29, 1.82) is 0 Å². The number of amides is 3. The Morgan fingerprint density at radius 3 is 2.78 bits per heavy atom. The van der Waals surface area contributed by atoms with Crippen LogP contribution >= 0.6 is 11.3 Å². The summed E-state index contributed by atoms with van der Waals surface area (Å²) in [6.45, 7) is 2.94. The van der Waals surface area contributed by atoms with Gasteiger partial charge in [-0.25, -0.2) is 9.78 Å². The van der Waals surface area contributed by atoms with Gasteiger partial charge < -0.3 is 29.9 Å². The molecule has 1 aromatic carbocycles.